The number of nitrogens with zero attached hydrogens (tertiary/aromatic N) is 2. The van der Waals surface area contributed by atoms with Gasteiger partial charge in [0, 0.05) is 32.9 Å². The Morgan fingerprint density at radius 2 is 1.00 bits per heavy atom. The van der Waals surface area contributed by atoms with Crippen molar-refractivity contribution in [3.05, 3.63) is 175 Å². The highest BCUT2D eigenvalue weighted by Crippen LogP contribution is 2.50. The van der Waals surface area contributed by atoms with Crippen molar-refractivity contribution in [2.24, 2.45) is 0 Å². The first-order valence-electron chi connectivity index (χ1n) is 24.4. The fourth-order valence-electron chi connectivity index (χ4n) is 10.5. The summed E-state index contributed by atoms with van der Waals surface area (Å²) in [7, 11) is 0. The minimum absolute atomic E-state index is 0.0618. The van der Waals surface area contributed by atoms with Gasteiger partial charge in [0.15, 0.2) is 0 Å². The second kappa shape index (κ2) is 11.2. The number of para-hydroxylation sites is 3. The van der Waals surface area contributed by atoms with Crippen molar-refractivity contribution in [3.8, 4) is 33.6 Å². The van der Waals surface area contributed by atoms with Crippen molar-refractivity contribution in [1.29, 1.82) is 0 Å². The molecular weight excluding hydrogens is 699 g/mol. The van der Waals surface area contributed by atoms with Crippen LogP contribution in [0.3, 0.4) is 0 Å². The predicted molar refractivity (Wildman–Crippen MR) is 249 cm³/mol. The number of benzene rings is 9. The van der Waals surface area contributed by atoms with Crippen molar-refractivity contribution in [1.82, 2.24) is 9.13 Å². The van der Waals surface area contributed by atoms with Gasteiger partial charge in [-0.2, -0.15) is 0 Å². The number of rotatable bonds is 2. The maximum Gasteiger partial charge on any atom is 0.244 e. The molecule has 0 spiro atoms. The molecule has 2 aliphatic rings. The van der Waals surface area contributed by atoms with Crippen molar-refractivity contribution >= 4 is 88.3 Å². The summed E-state index contributed by atoms with van der Waals surface area (Å²) in [5.41, 5.74) is 12.3. The van der Waals surface area contributed by atoms with E-state index in [1.54, 1.807) is 6.92 Å². The van der Waals surface area contributed by atoms with Gasteiger partial charge in [-0.15, -0.1) is 0 Å². The lowest BCUT2D eigenvalue weighted by molar-refractivity contribution is 0.591. The Kier molecular flexibility index (Phi) is 4.76. The number of hydrogen-bond acceptors (Lipinski definition) is 0. The molecule has 9 aromatic carbocycles. The molecular formula is C55H39BN2. The summed E-state index contributed by atoms with van der Waals surface area (Å²) < 4.78 is 84.5. The highest BCUT2D eigenvalue weighted by Gasteiger charge is 2.41. The molecule has 0 fully saturated rings. The van der Waals surface area contributed by atoms with Gasteiger partial charge >= 0.3 is 0 Å². The predicted octanol–water partition coefficient (Wildman–Crippen LogP) is 12.3. The highest BCUT2D eigenvalue weighted by molar-refractivity contribution is 7.01. The summed E-state index contributed by atoms with van der Waals surface area (Å²) in [6.07, 6.45) is 0. The van der Waals surface area contributed by atoms with Crippen molar-refractivity contribution in [2.45, 2.75) is 33.1 Å². The normalized spacial score (nSPS) is 15.3. The van der Waals surface area contributed by atoms with Crippen LogP contribution in [-0.4, -0.2) is 15.8 Å². The molecule has 2 nitrogen and oxygen atoms in total. The van der Waals surface area contributed by atoms with E-state index in [0.29, 0.717) is 5.56 Å². The smallest absolute Gasteiger partial charge is 0.244 e. The molecule has 0 saturated heterocycles. The second-order valence-corrected chi connectivity index (χ2v) is 17.0. The Bertz CT molecular complexity index is 3840. The molecule has 2 aliphatic heterocycles. The van der Waals surface area contributed by atoms with E-state index in [1.807, 2.05) is 45.5 Å². The lowest BCUT2D eigenvalue weighted by Crippen LogP contribution is -2.57. The standard InChI is InChI=1S/C55H39BN2/c1-32-24-26-37(27-25-32)58-45-23-11-9-19-39(45)51-47(58)29-34-15-13-21-43-49(34)53(51)41-31-35(55(2,3)4)30-40-52-48-33(14-12-20-42(48)56(43)54(40)41)28-46-50(52)38-18-8-10-22-44(38)57(46)36-16-6-5-7-17-36/h5-31H,1-4H3/i5D,6D,7D,16D,17D,24D,25D,26D,27D. The van der Waals surface area contributed by atoms with Crippen molar-refractivity contribution < 1.29 is 12.3 Å². The molecule has 272 valence electrons. The topological polar surface area (TPSA) is 9.86 Å². The van der Waals surface area contributed by atoms with E-state index in [4.69, 9.17) is 6.85 Å². The van der Waals surface area contributed by atoms with Gasteiger partial charge in [0.25, 0.3) is 0 Å². The Balaban J connectivity index is 1.25. The third-order valence-electron chi connectivity index (χ3n) is 12.8. The van der Waals surface area contributed by atoms with Gasteiger partial charge in [-0.1, -0.05) is 158 Å². The first-order valence-corrected chi connectivity index (χ1v) is 19.9. The maximum atomic E-state index is 9.30. The Morgan fingerprint density at radius 1 is 0.500 bits per heavy atom. The SMILES string of the molecule is [2H]c1c([2H])c([2H])c(-n2c3ccccc3c3c4c5c(cccc5cc32)B2c3c-4cc(C(C)(C)C)cc3-c3c4c2cccc4cc2c3c3ccccc3n2-c2c([2H])c([2H])c(C)c([2H])c2[2H])c([2H])c1[2H]. The van der Waals surface area contributed by atoms with Crippen LogP contribution in [0.5, 0.6) is 0 Å². The summed E-state index contributed by atoms with van der Waals surface area (Å²) in [4.78, 5) is 0. The molecule has 2 aromatic heterocycles. The number of aromatic nitrogens is 2. The first-order chi connectivity index (χ1) is 32.1. The van der Waals surface area contributed by atoms with Crippen molar-refractivity contribution in [3.63, 3.8) is 0 Å². The third-order valence-corrected chi connectivity index (χ3v) is 12.8. The maximum absolute atomic E-state index is 9.30. The van der Waals surface area contributed by atoms with E-state index >= 15 is 0 Å². The minimum atomic E-state index is -0.435. The van der Waals surface area contributed by atoms with Crippen molar-refractivity contribution in [2.75, 3.05) is 0 Å². The molecule has 0 N–H and O–H groups in total. The summed E-state index contributed by atoms with van der Waals surface area (Å²) in [6, 6.07) is 36.0. The van der Waals surface area contributed by atoms with Gasteiger partial charge in [-0.25, -0.2) is 0 Å². The average molecular weight is 748 g/mol. The molecule has 0 unspecified atom stereocenters. The van der Waals surface area contributed by atoms with Crippen LogP contribution in [0.2, 0.25) is 0 Å². The van der Waals surface area contributed by atoms with E-state index in [9.17, 15) is 5.48 Å². The van der Waals surface area contributed by atoms with E-state index in [-0.39, 0.29) is 71.8 Å². The quantitative estimate of drug-likeness (QED) is 0.156. The van der Waals surface area contributed by atoms with Gasteiger partial charge in [0.1, 0.15) is 0 Å². The van der Waals surface area contributed by atoms with Gasteiger partial charge in [-0.05, 0) is 110 Å². The average Bonchev–Trinajstić information content (AvgIpc) is 3.82. The summed E-state index contributed by atoms with van der Waals surface area (Å²) in [6.45, 7) is 8.17. The lowest BCUT2D eigenvalue weighted by Gasteiger charge is -2.36. The van der Waals surface area contributed by atoms with Crippen LogP contribution in [0.4, 0.5) is 0 Å². The first kappa shape index (κ1) is 24.7. The molecule has 0 saturated carbocycles. The summed E-state index contributed by atoms with van der Waals surface area (Å²) >= 11 is 0. The summed E-state index contributed by atoms with van der Waals surface area (Å²) in [5.74, 6) is 0. The van der Waals surface area contributed by atoms with Gasteiger partial charge in [0.2, 0.25) is 6.71 Å². The van der Waals surface area contributed by atoms with Gasteiger partial charge in [-0.3, -0.25) is 0 Å². The Labute approximate surface area is 350 Å². The van der Waals surface area contributed by atoms with Crippen LogP contribution in [0.1, 0.15) is 44.2 Å². The van der Waals surface area contributed by atoms with E-state index in [0.717, 1.165) is 104 Å². The van der Waals surface area contributed by atoms with E-state index < -0.39 is 6.04 Å². The Hall–Kier alpha value is -6.84. The molecule has 13 rings (SSSR count). The molecule has 11 aromatic rings. The minimum Gasteiger partial charge on any atom is -0.309 e. The zero-order valence-corrected chi connectivity index (χ0v) is 32.4. The van der Waals surface area contributed by atoms with E-state index in [1.165, 1.54) is 5.46 Å². The lowest BCUT2D eigenvalue weighted by atomic mass is 9.31. The number of fused-ring (bicyclic) bond motifs is 12. The molecule has 0 amide bonds. The molecule has 0 bridgehead atoms. The zero-order valence-electron chi connectivity index (χ0n) is 41.4. The fraction of sp³-hybridized carbons (Fsp3) is 0.0909. The van der Waals surface area contributed by atoms with Crippen LogP contribution in [0.25, 0.3) is 98.8 Å². The largest absolute Gasteiger partial charge is 0.309 e. The fourth-order valence-corrected chi connectivity index (χ4v) is 10.5. The molecule has 4 heterocycles. The third kappa shape index (κ3) is 4.08. The molecule has 58 heavy (non-hydrogen) atoms. The van der Waals surface area contributed by atoms with Crippen LogP contribution in [0, 0.1) is 6.92 Å². The van der Waals surface area contributed by atoms with Crippen LogP contribution in [0.15, 0.2) is 164 Å². The molecule has 0 radical (unpaired) electrons. The van der Waals surface area contributed by atoms with Crippen LogP contribution < -0.4 is 16.4 Å². The second-order valence-electron chi connectivity index (χ2n) is 17.0. The van der Waals surface area contributed by atoms with Gasteiger partial charge in [0.05, 0.1) is 34.4 Å². The molecule has 3 heteroatoms. The van der Waals surface area contributed by atoms with Crippen LogP contribution >= 0.6 is 0 Å². The van der Waals surface area contributed by atoms with Crippen LogP contribution in [-0.2, 0) is 5.41 Å². The number of hydrogen-bond donors (Lipinski definition) is 0. The van der Waals surface area contributed by atoms with E-state index in [2.05, 4.69) is 93.6 Å². The van der Waals surface area contributed by atoms with Gasteiger partial charge < -0.3 is 9.13 Å². The zero-order chi connectivity index (χ0) is 46.4. The Morgan fingerprint density at radius 3 is 1.52 bits per heavy atom. The summed E-state index contributed by atoms with van der Waals surface area (Å²) in [5, 5.41) is 8.01. The monoisotopic (exact) mass is 747 g/mol. The molecule has 0 aliphatic carbocycles. The molecule has 0 atom stereocenters. The highest BCUT2D eigenvalue weighted by atomic mass is 15.0.